The molecule has 1 aliphatic heterocycles. The third kappa shape index (κ3) is 5.11. The van der Waals surface area contributed by atoms with Gasteiger partial charge in [-0.2, -0.15) is 4.31 Å². The molecule has 1 saturated heterocycles. The van der Waals surface area contributed by atoms with Crippen molar-refractivity contribution in [3.05, 3.63) is 54.1 Å². The number of piperidine rings is 1. The minimum atomic E-state index is -3.69. The molecule has 8 nitrogen and oxygen atoms in total. The number of carbonyl (C=O) groups excluding carboxylic acids is 2. The van der Waals surface area contributed by atoms with Gasteiger partial charge in [0.25, 0.3) is 5.91 Å². The number of benzene rings is 2. The van der Waals surface area contributed by atoms with E-state index in [0.717, 1.165) is 12.8 Å². The van der Waals surface area contributed by atoms with Crippen molar-refractivity contribution in [1.82, 2.24) is 9.62 Å². The molecular weight excluding hydrogens is 430 g/mol. The highest BCUT2D eigenvalue weighted by Gasteiger charge is 2.33. The van der Waals surface area contributed by atoms with Gasteiger partial charge in [0.05, 0.1) is 17.9 Å². The lowest BCUT2D eigenvalue weighted by molar-refractivity contribution is -0.120. The second-order valence-electron chi connectivity index (χ2n) is 8.19. The quantitative estimate of drug-likeness (QED) is 0.665. The van der Waals surface area contributed by atoms with Crippen LogP contribution < -0.4 is 15.4 Å². The molecule has 2 aromatic carbocycles. The molecule has 9 heteroatoms. The fourth-order valence-corrected chi connectivity index (χ4v) is 5.24. The number of methoxy groups -OCH3 is 1. The topological polar surface area (TPSA) is 105 Å². The van der Waals surface area contributed by atoms with E-state index in [1.807, 2.05) is 0 Å². The zero-order valence-electron chi connectivity index (χ0n) is 17.9. The van der Waals surface area contributed by atoms with Gasteiger partial charge in [-0.1, -0.05) is 0 Å². The summed E-state index contributed by atoms with van der Waals surface area (Å²) < 4.78 is 32.5. The van der Waals surface area contributed by atoms with Gasteiger partial charge in [0.2, 0.25) is 15.9 Å². The summed E-state index contributed by atoms with van der Waals surface area (Å²) >= 11 is 0. The Morgan fingerprint density at radius 3 is 2.31 bits per heavy atom. The van der Waals surface area contributed by atoms with E-state index < -0.39 is 15.9 Å². The highest BCUT2D eigenvalue weighted by Crippen LogP contribution is 2.26. The Bertz CT molecular complexity index is 1080. The van der Waals surface area contributed by atoms with Gasteiger partial charge in [-0.05, 0) is 74.2 Å². The summed E-state index contributed by atoms with van der Waals surface area (Å²) in [4.78, 5) is 25.1. The fourth-order valence-electron chi connectivity index (χ4n) is 3.72. The Morgan fingerprint density at radius 2 is 1.69 bits per heavy atom. The SMILES string of the molecule is COc1ccc(S(=O)(=O)N2CCC[C@@H](C(=O)Nc3ccc(C(=O)NC4CC4)cc3)C2)cc1. The van der Waals surface area contributed by atoms with Crippen molar-refractivity contribution in [1.29, 1.82) is 0 Å². The molecule has 2 aromatic rings. The van der Waals surface area contributed by atoms with Gasteiger partial charge in [-0.25, -0.2) is 8.42 Å². The number of hydrogen-bond acceptors (Lipinski definition) is 5. The first-order valence-electron chi connectivity index (χ1n) is 10.7. The Hall–Kier alpha value is -2.91. The van der Waals surface area contributed by atoms with Crippen molar-refractivity contribution in [2.24, 2.45) is 5.92 Å². The van der Waals surface area contributed by atoms with Crippen LogP contribution in [0.4, 0.5) is 5.69 Å². The molecule has 0 bridgehead atoms. The standard InChI is InChI=1S/C23H27N3O5S/c1-31-20-10-12-21(13-11-20)32(29,30)26-14-2-3-17(15-26)23(28)25-18-6-4-16(5-7-18)22(27)24-19-8-9-19/h4-7,10-13,17,19H,2-3,8-9,14-15H2,1H3,(H,24,27)(H,25,28)/t17-/m1/s1. The van der Waals surface area contributed by atoms with Gasteiger partial charge in [0, 0.05) is 30.4 Å². The lowest BCUT2D eigenvalue weighted by atomic mass is 9.98. The molecule has 2 N–H and O–H groups in total. The van der Waals surface area contributed by atoms with Crippen LogP contribution in [-0.4, -0.2) is 50.8 Å². The Morgan fingerprint density at radius 1 is 1.00 bits per heavy atom. The van der Waals surface area contributed by atoms with Crippen LogP contribution >= 0.6 is 0 Å². The minimum Gasteiger partial charge on any atom is -0.497 e. The average Bonchev–Trinajstić information content (AvgIpc) is 3.63. The molecule has 4 rings (SSSR count). The molecular formula is C23H27N3O5S. The molecule has 1 heterocycles. The average molecular weight is 458 g/mol. The van der Waals surface area contributed by atoms with Crippen molar-refractivity contribution in [2.45, 2.75) is 36.6 Å². The van der Waals surface area contributed by atoms with E-state index >= 15 is 0 Å². The number of amides is 2. The van der Waals surface area contributed by atoms with E-state index in [1.165, 1.54) is 23.5 Å². The Balaban J connectivity index is 1.38. The second kappa shape index (κ2) is 9.30. The van der Waals surface area contributed by atoms with Gasteiger partial charge in [0.1, 0.15) is 5.75 Å². The first-order chi connectivity index (χ1) is 15.4. The van der Waals surface area contributed by atoms with Crippen LogP contribution in [0.3, 0.4) is 0 Å². The molecule has 32 heavy (non-hydrogen) atoms. The summed E-state index contributed by atoms with van der Waals surface area (Å²) in [5.41, 5.74) is 1.12. The van der Waals surface area contributed by atoms with Crippen molar-refractivity contribution in [2.75, 3.05) is 25.5 Å². The monoisotopic (exact) mass is 457 g/mol. The van der Waals surface area contributed by atoms with Crippen LogP contribution in [0.2, 0.25) is 0 Å². The lowest BCUT2D eigenvalue weighted by Crippen LogP contribution is -2.43. The zero-order valence-corrected chi connectivity index (χ0v) is 18.7. The molecule has 1 saturated carbocycles. The molecule has 170 valence electrons. The summed E-state index contributed by atoms with van der Waals surface area (Å²) in [6.07, 6.45) is 3.26. The third-order valence-electron chi connectivity index (χ3n) is 5.78. The number of hydrogen-bond donors (Lipinski definition) is 2. The van der Waals surface area contributed by atoms with E-state index in [2.05, 4.69) is 10.6 Å². The van der Waals surface area contributed by atoms with Crippen LogP contribution in [0.1, 0.15) is 36.0 Å². The molecule has 2 fully saturated rings. The number of sulfonamides is 1. The van der Waals surface area contributed by atoms with Gasteiger partial charge >= 0.3 is 0 Å². The fraction of sp³-hybridized carbons (Fsp3) is 0.391. The van der Waals surface area contributed by atoms with Crippen molar-refractivity contribution in [3.63, 3.8) is 0 Å². The molecule has 1 aliphatic carbocycles. The van der Waals surface area contributed by atoms with Crippen LogP contribution in [0.25, 0.3) is 0 Å². The summed E-state index contributed by atoms with van der Waals surface area (Å²) in [5, 5.41) is 5.77. The lowest BCUT2D eigenvalue weighted by Gasteiger charge is -2.31. The first kappa shape index (κ1) is 22.3. The maximum atomic E-state index is 13.0. The maximum Gasteiger partial charge on any atom is 0.251 e. The van der Waals surface area contributed by atoms with E-state index in [9.17, 15) is 18.0 Å². The van der Waals surface area contributed by atoms with E-state index in [-0.39, 0.29) is 29.3 Å². The Labute approximate surface area is 188 Å². The van der Waals surface area contributed by atoms with Crippen LogP contribution in [0.5, 0.6) is 5.75 Å². The number of rotatable bonds is 7. The molecule has 0 spiro atoms. The normalized spacial score (nSPS) is 19.2. The number of nitrogens with one attached hydrogen (secondary N) is 2. The second-order valence-corrected chi connectivity index (χ2v) is 10.1. The number of carbonyl (C=O) groups is 2. The molecule has 0 unspecified atom stereocenters. The largest absolute Gasteiger partial charge is 0.497 e. The summed E-state index contributed by atoms with van der Waals surface area (Å²) in [6, 6.07) is 13.2. The summed E-state index contributed by atoms with van der Waals surface area (Å²) in [5.74, 6) is -0.211. The molecule has 1 atom stereocenters. The van der Waals surface area contributed by atoms with Crippen molar-refractivity contribution in [3.8, 4) is 5.75 Å². The van der Waals surface area contributed by atoms with E-state index in [4.69, 9.17) is 4.74 Å². The van der Waals surface area contributed by atoms with Crippen molar-refractivity contribution < 1.29 is 22.7 Å². The van der Waals surface area contributed by atoms with Gasteiger partial charge in [-0.3, -0.25) is 9.59 Å². The van der Waals surface area contributed by atoms with Gasteiger partial charge in [-0.15, -0.1) is 0 Å². The Kier molecular flexibility index (Phi) is 6.48. The number of ether oxygens (including phenoxy) is 1. The highest BCUT2D eigenvalue weighted by atomic mass is 32.2. The smallest absolute Gasteiger partial charge is 0.251 e. The molecule has 0 radical (unpaired) electrons. The summed E-state index contributed by atoms with van der Waals surface area (Å²) in [6.45, 7) is 0.505. The van der Waals surface area contributed by atoms with Crippen molar-refractivity contribution >= 4 is 27.5 Å². The third-order valence-corrected chi connectivity index (χ3v) is 7.66. The highest BCUT2D eigenvalue weighted by molar-refractivity contribution is 7.89. The van der Waals surface area contributed by atoms with E-state index in [0.29, 0.717) is 36.4 Å². The molecule has 0 aromatic heterocycles. The number of nitrogens with zero attached hydrogens (tertiary/aromatic N) is 1. The maximum absolute atomic E-state index is 13.0. The van der Waals surface area contributed by atoms with Crippen LogP contribution in [-0.2, 0) is 14.8 Å². The number of anilines is 1. The van der Waals surface area contributed by atoms with E-state index in [1.54, 1.807) is 36.4 Å². The zero-order chi connectivity index (χ0) is 22.7. The molecule has 2 aliphatic rings. The summed E-state index contributed by atoms with van der Waals surface area (Å²) in [7, 11) is -2.17. The van der Waals surface area contributed by atoms with Crippen LogP contribution in [0, 0.1) is 5.92 Å². The van der Waals surface area contributed by atoms with Crippen LogP contribution in [0.15, 0.2) is 53.4 Å². The predicted octanol–water partition coefficient (Wildman–Crippen LogP) is 2.63. The first-order valence-corrected chi connectivity index (χ1v) is 12.2. The predicted molar refractivity (Wildman–Crippen MR) is 120 cm³/mol. The minimum absolute atomic E-state index is 0.114. The van der Waals surface area contributed by atoms with Gasteiger partial charge < -0.3 is 15.4 Å². The molecule has 2 amide bonds. The van der Waals surface area contributed by atoms with Gasteiger partial charge in [0.15, 0.2) is 0 Å².